The first-order valence-electron chi connectivity index (χ1n) is 9.61. The van der Waals surface area contributed by atoms with E-state index in [-0.39, 0.29) is 31.1 Å². The second-order valence-electron chi connectivity index (χ2n) is 7.41. The second-order valence-corrected chi connectivity index (χ2v) is 7.41. The number of rotatable bonds is 8. The minimum absolute atomic E-state index is 0.0124. The van der Waals surface area contributed by atoms with Crippen LogP contribution in [-0.2, 0) is 22.6 Å². The molecule has 1 aliphatic rings. The highest BCUT2D eigenvalue weighted by molar-refractivity contribution is 5.94. The highest BCUT2D eigenvalue weighted by Gasteiger charge is 2.26. The topological polar surface area (TPSA) is 82.0 Å². The van der Waals surface area contributed by atoms with E-state index >= 15 is 0 Å². The Kier molecular flexibility index (Phi) is 7.80. The lowest BCUT2D eigenvalue weighted by molar-refractivity contribution is -0.128. The highest BCUT2D eigenvalue weighted by Crippen LogP contribution is 2.28. The molecule has 0 saturated heterocycles. The number of methoxy groups -OCH3 is 1. The molecule has 1 amide bonds. The van der Waals surface area contributed by atoms with Gasteiger partial charge in [-0.1, -0.05) is 32.0 Å². The van der Waals surface area contributed by atoms with Crippen molar-refractivity contribution in [3.63, 3.8) is 0 Å². The summed E-state index contributed by atoms with van der Waals surface area (Å²) < 4.78 is 5.33. The van der Waals surface area contributed by atoms with E-state index < -0.39 is 0 Å². The SMILES string of the molecule is CNC(CO)c1ccc2c(c1)CN(C(=O)/C(=C/C(=C(\C)OC)C(C)C)CO)C2. The van der Waals surface area contributed by atoms with Gasteiger partial charge in [-0.3, -0.25) is 4.79 Å². The summed E-state index contributed by atoms with van der Waals surface area (Å²) >= 11 is 0. The zero-order chi connectivity index (χ0) is 20.8. The van der Waals surface area contributed by atoms with Gasteiger partial charge in [0.2, 0.25) is 0 Å². The summed E-state index contributed by atoms with van der Waals surface area (Å²) in [5, 5.41) is 22.4. The molecule has 1 unspecified atom stereocenters. The smallest absolute Gasteiger partial charge is 0.252 e. The molecule has 6 heteroatoms. The third kappa shape index (κ3) is 4.82. The lowest BCUT2D eigenvalue weighted by Gasteiger charge is -2.18. The van der Waals surface area contributed by atoms with Gasteiger partial charge < -0.3 is 25.2 Å². The van der Waals surface area contributed by atoms with Gasteiger partial charge >= 0.3 is 0 Å². The summed E-state index contributed by atoms with van der Waals surface area (Å²) in [6.07, 6.45) is 1.75. The number of likely N-dealkylation sites (N-methyl/N-ethyl adjacent to an activating group) is 1. The first kappa shape index (κ1) is 22.1. The van der Waals surface area contributed by atoms with Crippen molar-refractivity contribution in [1.29, 1.82) is 0 Å². The Hall–Kier alpha value is -2.15. The van der Waals surface area contributed by atoms with Crippen molar-refractivity contribution in [3.8, 4) is 0 Å². The summed E-state index contributed by atoms with van der Waals surface area (Å²) in [5.74, 6) is 0.740. The molecular formula is C22H32N2O4. The predicted molar refractivity (Wildman–Crippen MR) is 109 cm³/mol. The molecule has 1 heterocycles. The van der Waals surface area contributed by atoms with Crippen LogP contribution in [0.15, 0.2) is 41.2 Å². The molecule has 0 aromatic heterocycles. The van der Waals surface area contributed by atoms with Crippen LogP contribution in [0.1, 0.15) is 43.5 Å². The first-order valence-corrected chi connectivity index (χ1v) is 9.61. The highest BCUT2D eigenvalue weighted by atomic mass is 16.5. The van der Waals surface area contributed by atoms with Crippen LogP contribution in [0.4, 0.5) is 0 Å². The number of nitrogens with zero attached hydrogens (tertiary/aromatic N) is 1. The van der Waals surface area contributed by atoms with Crippen molar-refractivity contribution in [3.05, 3.63) is 57.9 Å². The molecule has 1 aromatic carbocycles. The third-order valence-corrected chi connectivity index (χ3v) is 5.28. The van der Waals surface area contributed by atoms with Gasteiger partial charge in [-0.05, 0) is 48.2 Å². The van der Waals surface area contributed by atoms with Crippen molar-refractivity contribution in [2.75, 3.05) is 27.4 Å². The number of fused-ring (bicyclic) bond motifs is 1. The molecule has 0 saturated carbocycles. The second kappa shape index (κ2) is 9.87. The summed E-state index contributed by atoms with van der Waals surface area (Å²) in [6.45, 7) is 6.61. The molecule has 28 heavy (non-hydrogen) atoms. The average molecular weight is 389 g/mol. The molecule has 3 N–H and O–H groups in total. The van der Waals surface area contributed by atoms with E-state index in [2.05, 4.69) is 5.32 Å². The molecule has 2 rings (SSSR count). The van der Waals surface area contributed by atoms with Crippen LogP contribution in [0, 0.1) is 5.92 Å². The van der Waals surface area contributed by atoms with E-state index in [1.807, 2.05) is 46.0 Å². The van der Waals surface area contributed by atoms with Crippen molar-refractivity contribution in [2.24, 2.45) is 5.92 Å². The molecule has 154 valence electrons. The normalized spacial score (nSPS) is 16.1. The lowest BCUT2D eigenvalue weighted by atomic mass is 9.99. The van der Waals surface area contributed by atoms with Gasteiger partial charge in [-0.15, -0.1) is 0 Å². The van der Waals surface area contributed by atoms with E-state index in [0.717, 1.165) is 28.0 Å². The number of aliphatic hydroxyl groups is 2. The maximum Gasteiger partial charge on any atom is 0.252 e. The van der Waals surface area contributed by atoms with Crippen LogP contribution >= 0.6 is 0 Å². The number of benzene rings is 1. The van der Waals surface area contributed by atoms with E-state index in [9.17, 15) is 15.0 Å². The Morgan fingerprint density at radius 3 is 2.50 bits per heavy atom. The number of hydrogen-bond acceptors (Lipinski definition) is 5. The Bertz CT molecular complexity index is 764. The fourth-order valence-electron chi connectivity index (χ4n) is 3.50. The monoisotopic (exact) mass is 388 g/mol. The minimum Gasteiger partial charge on any atom is -0.501 e. The molecular weight excluding hydrogens is 356 g/mol. The number of carbonyl (C=O) groups excluding carboxylic acids is 1. The number of ether oxygens (including phenoxy) is 1. The predicted octanol–water partition coefficient (Wildman–Crippen LogP) is 2.28. The fourth-order valence-corrected chi connectivity index (χ4v) is 3.50. The Morgan fingerprint density at radius 1 is 1.29 bits per heavy atom. The molecule has 1 atom stereocenters. The fraction of sp³-hybridized carbons (Fsp3) is 0.500. The minimum atomic E-state index is -0.323. The van der Waals surface area contributed by atoms with E-state index in [4.69, 9.17) is 4.74 Å². The Balaban J connectivity index is 2.25. The zero-order valence-electron chi connectivity index (χ0n) is 17.5. The maximum atomic E-state index is 13.0. The van der Waals surface area contributed by atoms with Gasteiger partial charge in [-0.2, -0.15) is 0 Å². The largest absolute Gasteiger partial charge is 0.501 e. The first-order chi connectivity index (χ1) is 13.4. The molecule has 0 aliphatic carbocycles. The van der Waals surface area contributed by atoms with E-state index in [0.29, 0.717) is 18.7 Å². The summed E-state index contributed by atoms with van der Waals surface area (Å²) in [6, 6.07) is 5.90. The van der Waals surface area contributed by atoms with E-state index in [1.165, 1.54) is 0 Å². The molecule has 1 aromatic rings. The molecule has 0 fully saturated rings. The number of hydrogen-bond donors (Lipinski definition) is 3. The number of carbonyl (C=O) groups is 1. The van der Waals surface area contributed by atoms with Crippen LogP contribution in [0.5, 0.6) is 0 Å². The Morgan fingerprint density at radius 2 is 1.96 bits per heavy atom. The summed E-state index contributed by atoms with van der Waals surface area (Å²) in [5.41, 5.74) is 4.42. The van der Waals surface area contributed by atoms with Crippen LogP contribution in [0.25, 0.3) is 0 Å². The van der Waals surface area contributed by atoms with Gasteiger partial charge in [0.05, 0.1) is 32.1 Å². The zero-order valence-corrected chi connectivity index (χ0v) is 17.5. The van der Waals surface area contributed by atoms with Gasteiger partial charge in [0.15, 0.2) is 0 Å². The van der Waals surface area contributed by atoms with Gasteiger partial charge in [0.1, 0.15) is 0 Å². The standard InChI is InChI=1S/C22H32N2O4/c1-14(2)20(15(3)28-5)9-19(12-25)22(27)24-10-17-7-6-16(8-18(17)11-24)21(13-26)23-4/h6-9,14,21,23,25-26H,10-13H2,1-5H3/b19-9+,20-15-. The number of aliphatic hydroxyl groups excluding tert-OH is 2. The quantitative estimate of drug-likeness (QED) is 0.362. The van der Waals surface area contributed by atoms with Crippen molar-refractivity contribution in [1.82, 2.24) is 10.2 Å². The van der Waals surface area contributed by atoms with Crippen LogP contribution in [-0.4, -0.2) is 48.4 Å². The number of amides is 1. The number of allylic oxidation sites excluding steroid dienone is 3. The summed E-state index contributed by atoms with van der Waals surface area (Å²) in [7, 11) is 3.41. The summed E-state index contributed by atoms with van der Waals surface area (Å²) in [4.78, 5) is 14.8. The average Bonchev–Trinajstić information content (AvgIpc) is 3.12. The maximum absolute atomic E-state index is 13.0. The van der Waals surface area contributed by atoms with Crippen molar-refractivity contribution in [2.45, 2.75) is 39.9 Å². The molecule has 0 bridgehead atoms. The molecule has 6 nitrogen and oxygen atoms in total. The molecule has 0 spiro atoms. The van der Waals surface area contributed by atoms with Crippen LogP contribution in [0.3, 0.4) is 0 Å². The van der Waals surface area contributed by atoms with Crippen molar-refractivity contribution < 1.29 is 19.7 Å². The lowest BCUT2D eigenvalue weighted by Crippen LogP contribution is -2.28. The molecule has 1 aliphatic heterocycles. The van der Waals surface area contributed by atoms with Crippen molar-refractivity contribution >= 4 is 5.91 Å². The van der Waals surface area contributed by atoms with Crippen LogP contribution in [0.2, 0.25) is 0 Å². The van der Waals surface area contributed by atoms with E-state index in [1.54, 1.807) is 18.1 Å². The van der Waals surface area contributed by atoms with Gasteiger partial charge in [0, 0.05) is 18.7 Å². The Labute approximate surface area is 167 Å². The van der Waals surface area contributed by atoms with Gasteiger partial charge in [-0.25, -0.2) is 0 Å². The van der Waals surface area contributed by atoms with Gasteiger partial charge in [0.25, 0.3) is 5.91 Å². The number of nitrogens with one attached hydrogen (secondary N) is 1. The third-order valence-electron chi connectivity index (χ3n) is 5.28. The molecule has 0 radical (unpaired) electrons. The van der Waals surface area contributed by atoms with Crippen LogP contribution < -0.4 is 5.32 Å².